The number of fused-ring (bicyclic) bond motifs is 1. The summed E-state index contributed by atoms with van der Waals surface area (Å²) in [7, 11) is -3.78. The van der Waals surface area contributed by atoms with Gasteiger partial charge in [-0.2, -0.15) is 0 Å². The predicted octanol–water partition coefficient (Wildman–Crippen LogP) is 3.60. The lowest BCUT2D eigenvalue weighted by Gasteiger charge is -2.10. The van der Waals surface area contributed by atoms with Crippen molar-refractivity contribution in [3.05, 3.63) is 125 Å². The number of carbonyl (C=O) groups excluding carboxylic acids is 1. The van der Waals surface area contributed by atoms with E-state index in [0.29, 0.717) is 22.6 Å². The molecule has 1 amide bonds. The average Bonchev–Trinajstić information content (AvgIpc) is 3.20. The average molecular weight is 500 g/mol. The van der Waals surface area contributed by atoms with E-state index in [9.17, 15) is 18.0 Å². The summed E-state index contributed by atoms with van der Waals surface area (Å²) in [6, 6.07) is 26.7. The minimum Gasteiger partial charge on any atom is -0.322 e. The zero-order valence-electron chi connectivity index (χ0n) is 18.9. The van der Waals surface area contributed by atoms with E-state index in [-0.39, 0.29) is 17.1 Å². The molecule has 5 aromatic rings. The Kier molecular flexibility index (Phi) is 6.09. The molecule has 0 fully saturated rings. The van der Waals surface area contributed by atoms with Crippen LogP contribution in [0.3, 0.4) is 0 Å². The molecule has 0 bridgehead atoms. The molecule has 0 unspecified atom stereocenters. The van der Waals surface area contributed by atoms with Crippen molar-refractivity contribution < 1.29 is 13.2 Å². The lowest BCUT2D eigenvalue weighted by atomic mass is 10.1. The summed E-state index contributed by atoms with van der Waals surface area (Å²) in [5.74, 6) is -0.392. The lowest BCUT2D eigenvalue weighted by Crippen LogP contribution is -2.21. The molecule has 3 aromatic carbocycles. The van der Waals surface area contributed by atoms with Gasteiger partial charge < -0.3 is 5.32 Å². The summed E-state index contributed by atoms with van der Waals surface area (Å²) in [6.45, 7) is 0.241. The Morgan fingerprint density at radius 3 is 2.31 bits per heavy atom. The Bertz CT molecular complexity index is 1710. The van der Waals surface area contributed by atoms with Crippen molar-refractivity contribution in [3.8, 4) is 0 Å². The summed E-state index contributed by atoms with van der Waals surface area (Å²) in [5, 5.41) is 7.13. The topological polar surface area (TPSA) is 115 Å². The number of aromatic nitrogens is 3. The second-order valence-corrected chi connectivity index (χ2v) is 9.70. The van der Waals surface area contributed by atoms with Crippen molar-refractivity contribution in [2.45, 2.75) is 11.4 Å². The number of carbonyl (C=O) groups is 1. The highest BCUT2D eigenvalue weighted by Gasteiger charge is 2.15. The Labute approximate surface area is 206 Å². The first kappa shape index (κ1) is 23.1. The highest BCUT2D eigenvalue weighted by atomic mass is 32.2. The Morgan fingerprint density at radius 2 is 1.56 bits per heavy atom. The fourth-order valence-electron chi connectivity index (χ4n) is 3.70. The number of benzene rings is 3. The van der Waals surface area contributed by atoms with Gasteiger partial charge in [-0.3, -0.25) is 13.9 Å². The van der Waals surface area contributed by atoms with E-state index in [1.54, 1.807) is 66.9 Å². The van der Waals surface area contributed by atoms with Crippen LogP contribution < -0.4 is 15.7 Å². The molecule has 0 saturated heterocycles. The Balaban J connectivity index is 1.28. The minimum absolute atomic E-state index is 0.0443. The van der Waals surface area contributed by atoms with Gasteiger partial charge in [0.15, 0.2) is 5.65 Å². The van der Waals surface area contributed by atoms with E-state index in [2.05, 4.69) is 15.1 Å². The van der Waals surface area contributed by atoms with Gasteiger partial charge in [-0.1, -0.05) is 36.4 Å². The van der Waals surface area contributed by atoms with Crippen molar-refractivity contribution in [2.24, 2.45) is 0 Å². The van der Waals surface area contributed by atoms with E-state index in [1.165, 1.54) is 33.3 Å². The third-order valence-electron chi connectivity index (χ3n) is 5.46. The summed E-state index contributed by atoms with van der Waals surface area (Å²) < 4.78 is 30.5. The van der Waals surface area contributed by atoms with Gasteiger partial charge in [0.25, 0.3) is 15.9 Å². The number of rotatable bonds is 7. The summed E-state index contributed by atoms with van der Waals surface area (Å²) in [5.41, 5.74) is 2.37. The normalized spacial score (nSPS) is 11.3. The van der Waals surface area contributed by atoms with Crippen LogP contribution in [0.1, 0.15) is 15.9 Å². The first-order valence-corrected chi connectivity index (χ1v) is 12.5. The molecule has 2 N–H and O–H groups in total. The number of para-hydroxylation sites is 1. The first-order valence-electron chi connectivity index (χ1n) is 11.0. The highest BCUT2D eigenvalue weighted by molar-refractivity contribution is 7.92. The number of nitrogens with one attached hydrogen (secondary N) is 2. The quantitative estimate of drug-likeness (QED) is 0.355. The largest absolute Gasteiger partial charge is 0.350 e. The second kappa shape index (κ2) is 9.51. The minimum atomic E-state index is -3.78. The highest BCUT2D eigenvalue weighted by Crippen LogP contribution is 2.18. The van der Waals surface area contributed by atoms with Gasteiger partial charge in [-0.25, -0.2) is 17.9 Å². The second-order valence-electron chi connectivity index (χ2n) is 8.02. The number of pyridine rings is 1. The zero-order chi connectivity index (χ0) is 25.1. The van der Waals surface area contributed by atoms with Gasteiger partial charge in [0.2, 0.25) is 0 Å². The number of hydrogen-bond donors (Lipinski definition) is 2. The molecule has 0 atom stereocenters. The van der Waals surface area contributed by atoms with Crippen molar-refractivity contribution in [1.29, 1.82) is 0 Å². The number of hydrogen-bond acceptors (Lipinski definition) is 5. The summed E-state index contributed by atoms with van der Waals surface area (Å²) >= 11 is 0. The molecule has 0 aliphatic carbocycles. The van der Waals surface area contributed by atoms with Gasteiger partial charge in [-0.15, -0.1) is 5.10 Å². The van der Waals surface area contributed by atoms with Crippen molar-refractivity contribution >= 4 is 33.0 Å². The van der Waals surface area contributed by atoms with E-state index < -0.39 is 15.9 Å². The van der Waals surface area contributed by atoms with Gasteiger partial charge in [0, 0.05) is 23.1 Å². The molecule has 0 radical (unpaired) electrons. The number of nitrogens with zero attached hydrogens (tertiary/aromatic N) is 3. The molecule has 0 aliphatic heterocycles. The fourth-order valence-corrected chi connectivity index (χ4v) is 4.76. The maximum absolute atomic E-state index is 12.8. The molecule has 36 heavy (non-hydrogen) atoms. The molecule has 0 aliphatic rings. The van der Waals surface area contributed by atoms with E-state index in [4.69, 9.17) is 0 Å². The molecule has 0 saturated carbocycles. The molecule has 10 heteroatoms. The van der Waals surface area contributed by atoms with Crippen LogP contribution in [0, 0.1) is 0 Å². The van der Waals surface area contributed by atoms with Crippen LogP contribution in [0.4, 0.5) is 11.4 Å². The van der Waals surface area contributed by atoms with Gasteiger partial charge in [0.1, 0.15) is 0 Å². The number of amides is 1. The molecular formula is C26H21N5O4S. The molecule has 2 aromatic heterocycles. The van der Waals surface area contributed by atoms with Crippen molar-refractivity contribution in [2.75, 3.05) is 10.0 Å². The zero-order valence-corrected chi connectivity index (χ0v) is 19.7. The molecule has 0 spiro atoms. The van der Waals surface area contributed by atoms with Gasteiger partial charge in [-0.05, 0) is 66.2 Å². The SMILES string of the molecule is O=C(Nc1cccc(Cn2nc3ccccn3c2=O)c1)c1ccc(S(=O)(=O)Nc2ccccc2)cc1. The standard InChI is InChI=1S/C26H21N5O4S/c32-25(20-12-14-23(15-13-20)36(34,35)29-21-8-2-1-3-9-21)27-22-10-6-7-19(17-22)18-31-26(33)30-16-5-4-11-24(30)28-31/h1-17,29H,18H2,(H,27,32). The Hall–Kier alpha value is -4.70. The van der Waals surface area contributed by atoms with Crippen LogP contribution in [0.15, 0.2) is 113 Å². The summed E-state index contributed by atoms with van der Waals surface area (Å²) in [6.07, 6.45) is 1.66. The molecular weight excluding hydrogens is 478 g/mol. The van der Waals surface area contributed by atoms with Gasteiger partial charge in [0.05, 0.1) is 11.4 Å². The number of sulfonamides is 1. The first-order chi connectivity index (χ1) is 17.4. The Morgan fingerprint density at radius 1 is 0.833 bits per heavy atom. The van der Waals surface area contributed by atoms with Crippen molar-refractivity contribution in [1.82, 2.24) is 14.2 Å². The van der Waals surface area contributed by atoms with Crippen LogP contribution in [0.25, 0.3) is 5.65 Å². The van der Waals surface area contributed by atoms with Crippen LogP contribution in [0.2, 0.25) is 0 Å². The van der Waals surface area contributed by atoms with Gasteiger partial charge >= 0.3 is 5.69 Å². The fraction of sp³-hybridized carbons (Fsp3) is 0.0385. The molecule has 5 rings (SSSR count). The lowest BCUT2D eigenvalue weighted by molar-refractivity contribution is 0.102. The van der Waals surface area contributed by atoms with Crippen LogP contribution in [0.5, 0.6) is 0 Å². The smallest absolute Gasteiger partial charge is 0.322 e. The van der Waals surface area contributed by atoms with E-state index in [0.717, 1.165) is 5.56 Å². The van der Waals surface area contributed by atoms with E-state index in [1.807, 2.05) is 12.1 Å². The molecule has 2 heterocycles. The third-order valence-corrected chi connectivity index (χ3v) is 6.86. The van der Waals surface area contributed by atoms with Crippen molar-refractivity contribution in [3.63, 3.8) is 0 Å². The maximum Gasteiger partial charge on any atom is 0.350 e. The number of anilines is 2. The molecule has 9 nitrogen and oxygen atoms in total. The maximum atomic E-state index is 12.8. The monoisotopic (exact) mass is 499 g/mol. The molecule has 180 valence electrons. The van der Waals surface area contributed by atoms with Crippen LogP contribution in [-0.2, 0) is 16.6 Å². The third kappa shape index (κ3) is 4.89. The van der Waals surface area contributed by atoms with Crippen LogP contribution >= 0.6 is 0 Å². The summed E-state index contributed by atoms with van der Waals surface area (Å²) in [4.78, 5) is 25.3. The van der Waals surface area contributed by atoms with E-state index >= 15 is 0 Å². The van der Waals surface area contributed by atoms with Crippen LogP contribution in [-0.4, -0.2) is 28.5 Å². The predicted molar refractivity (Wildman–Crippen MR) is 137 cm³/mol.